The van der Waals surface area contributed by atoms with Gasteiger partial charge in [0, 0.05) is 36.1 Å². The lowest BCUT2D eigenvalue weighted by atomic mass is 10.0. The van der Waals surface area contributed by atoms with E-state index in [4.69, 9.17) is 9.72 Å². The zero-order valence-electron chi connectivity index (χ0n) is 27.0. The highest BCUT2D eigenvalue weighted by atomic mass is 32.3. The molecule has 0 aromatic carbocycles. The summed E-state index contributed by atoms with van der Waals surface area (Å²) in [6.07, 6.45) is 14.1. The highest BCUT2D eigenvalue weighted by molar-refractivity contribution is 8.33. The van der Waals surface area contributed by atoms with Crippen LogP contribution >= 0.6 is 10.0 Å². The van der Waals surface area contributed by atoms with E-state index in [0.29, 0.717) is 59.1 Å². The van der Waals surface area contributed by atoms with Gasteiger partial charge in [-0.05, 0) is 112 Å². The van der Waals surface area contributed by atoms with E-state index in [1.54, 1.807) is 28.9 Å². The molecule has 3 aliphatic carbocycles. The van der Waals surface area contributed by atoms with E-state index in [2.05, 4.69) is 51.4 Å². The Morgan fingerprint density at radius 1 is 1.02 bits per heavy atom. The molecule has 2 spiro atoms. The predicted molar refractivity (Wildman–Crippen MR) is 180 cm³/mol. The molecule has 1 unspecified atom stereocenters. The fourth-order valence-electron chi connectivity index (χ4n) is 8.58. The quantitative estimate of drug-likeness (QED) is 0.402. The van der Waals surface area contributed by atoms with Gasteiger partial charge in [-0.1, -0.05) is 6.07 Å². The number of ether oxygens (including phenoxy) is 1. The molecule has 5 heterocycles. The van der Waals surface area contributed by atoms with Crippen molar-refractivity contribution >= 4 is 37.6 Å². The highest BCUT2D eigenvalue weighted by Crippen LogP contribution is 2.93. The first kappa shape index (κ1) is 30.0. The Hall–Kier alpha value is -3.32. The molecule has 0 radical (unpaired) electrons. The van der Waals surface area contributed by atoms with Gasteiger partial charge in [-0.2, -0.15) is 8.42 Å². The third-order valence-electron chi connectivity index (χ3n) is 11.5. The van der Waals surface area contributed by atoms with E-state index >= 15 is 0 Å². The van der Waals surface area contributed by atoms with E-state index in [-0.39, 0.29) is 16.1 Å². The summed E-state index contributed by atoms with van der Waals surface area (Å²) in [5.74, 6) is 3.00. The maximum atomic E-state index is 13.8. The van der Waals surface area contributed by atoms with E-state index in [1.807, 2.05) is 12.3 Å². The van der Waals surface area contributed by atoms with Crippen molar-refractivity contribution in [1.29, 1.82) is 0 Å². The SMILES string of the molecule is CC1(C)CC2CN1c1nc(-n3ccc(OCCC4C5(CC5)C45CC5)n3)ccc1C(=O)NS(=O)(=O)c1cccc(n1)NCCS2(C)C. The second kappa shape index (κ2) is 10.1. The van der Waals surface area contributed by atoms with Crippen LogP contribution in [0.5, 0.6) is 5.88 Å². The van der Waals surface area contributed by atoms with Gasteiger partial charge >= 0.3 is 0 Å². The van der Waals surface area contributed by atoms with Crippen molar-refractivity contribution in [3.8, 4) is 11.7 Å². The number of carbonyl (C=O) groups is 1. The molecule has 2 aliphatic heterocycles. The Bertz CT molecular complexity index is 1810. The van der Waals surface area contributed by atoms with Gasteiger partial charge in [0.1, 0.15) is 11.6 Å². The normalized spacial score (nSPS) is 26.7. The van der Waals surface area contributed by atoms with Crippen molar-refractivity contribution in [3.05, 3.63) is 48.2 Å². The van der Waals surface area contributed by atoms with Crippen LogP contribution in [-0.4, -0.2) is 82.8 Å². The van der Waals surface area contributed by atoms with Crippen molar-refractivity contribution in [3.63, 3.8) is 0 Å². The van der Waals surface area contributed by atoms with Crippen LogP contribution in [0.1, 0.15) is 62.7 Å². The average molecular weight is 666 g/mol. The average Bonchev–Trinajstić information content (AvgIpc) is 3.96. The first-order valence-electron chi connectivity index (χ1n) is 16.3. The summed E-state index contributed by atoms with van der Waals surface area (Å²) in [4.78, 5) is 25.2. The Balaban J connectivity index is 1.10. The smallest absolute Gasteiger partial charge is 0.281 e. The van der Waals surface area contributed by atoms with Crippen LogP contribution in [0.25, 0.3) is 5.82 Å². The molecule has 4 fully saturated rings. The van der Waals surface area contributed by atoms with Crippen LogP contribution in [0.15, 0.2) is 47.6 Å². The minimum Gasteiger partial charge on any atom is -0.477 e. The minimum absolute atomic E-state index is 0.189. The molecule has 3 aromatic rings. The summed E-state index contributed by atoms with van der Waals surface area (Å²) in [7, 11) is -5.32. The van der Waals surface area contributed by atoms with Gasteiger partial charge in [-0.3, -0.25) is 4.79 Å². The van der Waals surface area contributed by atoms with Crippen molar-refractivity contribution in [1.82, 2.24) is 24.5 Å². The van der Waals surface area contributed by atoms with Crippen molar-refractivity contribution < 1.29 is 17.9 Å². The maximum Gasteiger partial charge on any atom is 0.281 e. The van der Waals surface area contributed by atoms with Crippen LogP contribution in [0.2, 0.25) is 0 Å². The number of anilines is 2. The summed E-state index contributed by atoms with van der Waals surface area (Å²) in [6.45, 7) is 6.38. The third kappa shape index (κ3) is 4.87. The molecule has 2 N–H and O–H groups in total. The van der Waals surface area contributed by atoms with Gasteiger partial charge < -0.3 is 15.0 Å². The van der Waals surface area contributed by atoms with E-state index in [0.717, 1.165) is 24.5 Å². The van der Waals surface area contributed by atoms with E-state index < -0.39 is 26.0 Å². The summed E-state index contributed by atoms with van der Waals surface area (Å²) in [5, 5.41) is 8.14. The molecule has 1 atom stereocenters. The molecular formula is C33H43N7O4S2. The molecule has 1 amide bonds. The molecule has 11 nitrogen and oxygen atoms in total. The Morgan fingerprint density at radius 2 is 1.78 bits per heavy atom. The number of nitrogens with zero attached hydrogens (tertiary/aromatic N) is 5. The lowest BCUT2D eigenvalue weighted by Gasteiger charge is -2.38. The second-order valence-corrected chi connectivity index (χ2v) is 20.9. The molecule has 8 rings (SSSR count). The number of fused-ring (bicyclic) bond motifs is 7. The number of hydrogen-bond acceptors (Lipinski definition) is 9. The fourth-order valence-corrected chi connectivity index (χ4v) is 11.9. The topological polar surface area (TPSA) is 131 Å². The molecule has 3 saturated carbocycles. The summed E-state index contributed by atoms with van der Waals surface area (Å²) in [6, 6.07) is 9.96. The van der Waals surface area contributed by atoms with Crippen LogP contribution in [0.3, 0.4) is 0 Å². The molecule has 3 aromatic heterocycles. The fraction of sp³-hybridized carbons (Fsp3) is 0.576. The van der Waals surface area contributed by atoms with Gasteiger partial charge in [0.05, 0.1) is 12.2 Å². The van der Waals surface area contributed by atoms with Crippen LogP contribution in [-0.2, 0) is 10.0 Å². The summed E-state index contributed by atoms with van der Waals surface area (Å²) < 4.78 is 36.7. The molecule has 46 heavy (non-hydrogen) atoms. The van der Waals surface area contributed by atoms with Gasteiger partial charge in [0.25, 0.3) is 15.9 Å². The number of nitrogens with one attached hydrogen (secondary N) is 2. The van der Waals surface area contributed by atoms with Gasteiger partial charge in [0.2, 0.25) is 5.88 Å². The predicted octanol–water partition coefficient (Wildman–Crippen LogP) is 4.59. The Labute approximate surface area is 272 Å². The maximum absolute atomic E-state index is 13.8. The van der Waals surface area contributed by atoms with Crippen LogP contribution in [0.4, 0.5) is 11.6 Å². The van der Waals surface area contributed by atoms with Crippen molar-refractivity contribution in [2.75, 3.05) is 48.2 Å². The molecule has 4 bridgehead atoms. The number of carbonyl (C=O) groups excluding carboxylic acids is 1. The second-order valence-electron chi connectivity index (χ2n) is 14.9. The van der Waals surface area contributed by atoms with Gasteiger partial charge in [-0.15, -0.1) is 5.10 Å². The lowest BCUT2D eigenvalue weighted by molar-refractivity contribution is 0.0981. The van der Waals surface area contributed by atoms with Gasteiger partial charge in [-0.25, -0.2) is 29.4 Å². The van der Waals surface area contributed by atoms with E-state index in [1.165, 1.54) is 31.7 Å². The van der Waals surface area contributed by atoms with Crippen molar-refractivity contribution in [2.45, 2.75) is 68.2 Å². The first-order chi connectivity index (χ1) is 21.8. The van der Waals surface area contributed by atoms with Crippen LogP contribution < -0.4 is 19.7 Å². The molecule has 5 aliphatic rings. The largest absolute Gasteiger partial charge is 0.477 e. The number of hydrogen-bond donors (Lipinski definition) is 2. The van der Waals surface area contributed by atoms with E-state index in [9.17, 15) is 13.2 Å². The monoisotopic (exact) mass is 665 g/mol. The third-order valence-corrected chi connectivity index (χ3v) is 16.2. The number of aromatic nitrogens is 4. The van der Waals surface area contributed by atoms with Gasteiger partial charge in [0.15, 0.2) is 10.8 Å². The summed E-state index contributed by atoms with van der Waals surface area (Å²) >= 11 is 0. The summed E-state index contributed by atoms with van der Waals surface area (Å²) in [5.41, 5.74) is 1.20. The first-order valence-corrected chi connectivity index (χ1v) is 20.5. The number of pyridine rings is 2. The highest BCUT2D eigenvalue weighted by Gasteiger charge is 2.85. The molecule has 246 valence electrons. The number of sulfonamides is 1. The molecule has 1 saturated heterocycles. The van der Waals surface area contributed by atoms with Crippen LogP contribution in [0, 0.1) is 16.7 Å². The molecule has 13 heteroatoms. The zero-order chi connectivity index (χ0) is 32.1. The Kier molecular flexibility index (Phi) is 6.59. The molecular weight excluding hydrogens is 623 g/mol. The zero-order valence-corrected chi connectivity index (χ0v) is 28.6. The number of amides is 1. The van der Waals surface area contributed by atoms with Crippen molar-refractivity contribution in [2.24, 2.45) is 16.7 Å². The minimum atomic E-state index is -4.24. The standard InChI is InChI=1S/C33H43N7O4S2/c1-31(2)20-22-21-39(31)29-23(30(41)38-46(42,43)28-7-5-6-25(35-28)34-16-19-45(22,3)4)8-9-26(36-29)40-17-10-27(37-40)44-18-11-24-32(12-13-32)33(24)14-15-33/h5-10,17,22,24H,11-16,18-21H2,1-4H3,(H,34,35)(H,38,41). The number of rotatable bonds is 5. The Morgan fingerprint density at radius 3 is 2.52 bits per heavy atom. The lowest BCUT2D eigenvalue weighted by Crippen LogP contribution is -2.41.